The summed E-state index contributed by atoms with van der Waals surface area (Å²) in [5.41, 5.74) is 0. The highest BCUT2D eigenvalue weighted by Gasteiger charge is 2.09. The molecule has 0 saturated heterocycles. The fourth-order valence-corrected chi connectivity index (χ4v) is 1.52. The number of benzene rings is 1. The molecule has 1 aromatic carbocycles. The van der Waals surface area contributed by atoms with Crippen molar-refractivity contribution >= 4 is 16.1 Å². The summed E-state index contributed by atoms with van der Waals surface area (Å²) in [6, 6.07) is 4.89. The molecule has 0 aliphatic carbocycles. The fraction of sp³-hybridized carbons (Fsp3) is 0.182. The molecule has 0 saturated carbocycles. The standard InChI is InChI=1S/C11H12O5S/c1-2-3-4-11(12)16-9-5-7-10(8-6-9)17(13,14)15/h3-8H,2H2,1H3,(H,13,14,15). The van der Waals surface area contributed by atoms with E-state index in [1.807, 2.05) is 6.92 Å². The smallest absolute Gasteiger partial charge is 0.335 e. The highest BCUT2D eigenvalue weighted by atomic mass is 32.2. The van der Waals surface area contributed by atoms with E-state index in [2.05, 4.69) is 0 Å². The molecule has 0 amide bonds. The Bertz CT molecular complexity index is 513. The van der Waals surface area contributed by atoms with Crippen LogP contribution >= 0.6 is 0 Å². The highest BCUT2D eigenvalue weighted by molar-refractivity contribution is 7.85. The number of allylic oxidation sites excluding steroid dienone is 1. The summed E-state index contributed by atoms with van der Waals surface area (Å²) in [4.78, 5) is 10.9. The molecule has 1 aromatic rings. The van der Waals surface area contributed by atoms with Gasteiger partial charge in [0.2, 0.25) is 0 Å². The number of rotatable bonds is 4. The van der Waals surface area contributed by atoms with Gasteiger partial charge in [-0.2, -0.15) is 8.42 Å². The normalized spacial score (nSPS) is 11.6. The van der Waals surface area contributed by atoms with Crippen LogP contribution in [0.1, 0.15) is 13.3 Å². The molecule has 0 aromatic heterocycles. The fourth-order valence-electron chi connectivity index (χ4n) is 1.04. The van der Waals surface area contributed by atoms with Crippen LogP contribution in [0.25, 0.3) is 0 Å². The van der Waals surface area contributed by atoms with Gasteiger partial charge < -0.3 is 4.74 Å². The van der Waals surface area contributed by atoms with Gasteiger partial charge in [0.25, 0.3) is 10.1 Å². The van der Waals surface area contributed by atoms with E-state index in [-0.39, 0.29) is 10.6 Å². The molecule has 0 aliphatic rings. The summed E-state index contributed by atoms with van der Waals surface area (Å²) >= 11 is 0. The minimum Gasteiger partial charge on any atom is -0.423 e. The molecule has 17 heavy (non-hydrogen) atoms. The van der Waals surface area contributed by atoms with Crippen LogP contribution in [0.2, 0.25) is 0 Å². The minimum atomic E-state index is -4.22. The van der Waals surface area contributed by atoms with Crippen molar-refractivity contribution in [1.82, 2.24) is 0 Å². The van der Waals surface area contributed by atoms with Crippen LogP contribution in [0.15, 0.2) is 41.3 Å². The maximum Gasteiger partial charge on any atom is 0.335 e. The molecular formula is C11H12O5S. The molecule has 1 rings (SSSR count). The molecule has 92 valence electrons. The Morgan fingerprint density at radius 2 is 1.94 bits per heavy atom. The number of carbonyl (C=O) groups excluding carboxylic acids is 1. The summed E-state index contributed by atoms with van der Waals surface area (Å²) in [5.74, 6) is -0.324. The first-order valence-electron chi connectivity index (χ1n) is 4.89. The van der Waals surface area contributed by atoms with Gasteiger partial charge in [0.15, 0.2) is 0 Å². The summed E-state index contributed by atoms with van der Waals surface area (Å²) in [7, 11) is -4.22. The van der Waals surface area contributed by atoms with Crippen molar-refractivity contribution in [2.75, 3.05) is 0 Å². The predicted octanol–water partition coefficient (Wildman–Crippen LogP) is 1.80. The van der Waals surface area contributed by atoms with Gasteiger partial charge in [0, 0.05) is 6.08 Å². The SMILES string of the molecule is CCC=CC(=O)Oc1ccc(S(=O)(=O)O)cc1. The monoisotopic (exact) mass is 256 g/mol. The van der Waals surface area contributed by atoms with E-state index < -0.39 is 16.1 Å². The van der Waals surface area contributed by atoms with E-state index in [1.54, 1.807) is 6.08 Å². The van der Waals surface area contributed by atoms with Crippen molar-refractivity contribution in [3.8, 4) is 5.75 Å². The van der Waals surface area contributed by atoms with Crippen LogP contribution in [-0.4, -0.2) is 18.9 Å². The van der Waals surface area contributed by atoms with Gasteiger partial charge in [0.1, 0.15) is 5.75 Å². The number of hydrogen-bond donors (Lipinski definition) is 1. The number of hydrogen-bond acceptors (Lipinski definition) is 4. The molecular weight excluding hydrogens is 244 g/mol. The molecule has 0 bridgehead atoms. The van der Waals surface area contributed by atoms with Crippen LogP contribution in [0, 0.1) is 0 Å². The Kier molecular flexibility index (Phi) is 4.42. The highest BCUT2D eigenvalue weighted by Crippen LogP contribution is 2.15. The Hall–Kier alpha value is -1.66. The number of carbonyl (C=O) groups is 1. The van der Waals surface area contributed by atoms with Crippen LogP contribution in [-0.2, 0) is 14.9 Å². The molecule has 0 unspecified atom stereocenters. The van der Waals surface area contributed by atoms with Gasteiger partial charge in [0.05, 0.1) is 4.90 Å². The second-order valence-electron chi connectivity index (χ2n) is 3.18. The number of ether oxygens (including phenoxy) is 1. The molecule has 0 atom stereocenters. The van der Waals surface area contributed by atoms with Crippen LogP contribution in [0.5, 0.6) is 5.75 Å². The van der Waals surface area contributed by atoms with Gasteiger partial charge in [-0.15, -0.1) is 0 Å². The third-order valence-electron chi connectivity index (χ3n) is 1.83. The van der Waals surface area contributed by atoms with Gasteiger partial charge in [-0.25, -0.2) is 4.79 Å². The predicted molar refractivity (Wildman–Crippen MR) is 61.3 cm³/mol. The molecule has 5 nitrogen and oxygen atoms in total. The van der Waals surface area contributed by atoms with Crippen LogP contribution in [0.3, 0.4) is 0 Å². The van der Waals surface area contributed by atoms with E-state index in [0.717, 1.165) is 18.6 Å². The van der Waals surface area contributed by atoms with E-state index in [9.17, 15) is 13.2 Å². The maximum atomic E-state index is 11.2. The van der Waals surface area contributed by atoms with E-state index in [4.69, 9.17) is 9.29 Å². The lowest BCUT2D eigenvalue weighted by molar-refractivity contribution is -0.129. The zero-order chi connectivity index (χ0) is 12.9. The first-order chi connectivity index (χ1) is 7.93. The molecule has 0 heterocycles. The topological polar surface area (TPSA) is 80.7 Å². The van der Waals surface area contributed by atoms with E-state index in [1.165, 1.54) is 18.2 Å². The third-order valence-corrected chi connectivity index (χ3v) is 2.70. The average molecular weight is 256 g/mol. The summed E-state index contributed by atoms with van der Waals surface area (Å²) in [6.07, 6.45) is 3.66. The Balaban J connectivity index is 2.76. The molecule has 0 spiro atoms. The second kappa shape index (κ2) is 5.60. The zero-order valence-corrected chi connectivity index (χ0v) is 9.98. The van der Waals surface area contributed by atoms with Crippen molar-refractivity contribution in [2.24, 2.45) is 0 Å². The lowest BCUT2D eigenvalue weighted by atomic mass is 10.3. The minimum absolute atomic E-state index is 0.211. The summed E-state index contributed by atoms with van der Waals surface area (Å²) in [5, 5.41) is 0. The lowest BCUT2D eigenvalue weighted by Crippen LogP contribution is -2.04. The summed E-state index contributed by atoms with van der Waals surface area (Å²) < 4.78 is 35.1. The molecule has 0 aliphatic heterocycles. The molecule has 0 radical (unpaired) electrons. The maximum absolute atomic E-state index is 11.2. The largest absolute Gasteiger partial charge is 0.423 e. The van der Waals surface area contributed by atoms with E-state index >= 15 is 0 Å². The van der Waals surface area contributed by atoms with Crippen LogP contribution < -0.4 is 4.74 Å². The Morgan fingerprint density at radius 3 is 2.41 bits per heavy atom. The lowest BCUT2D eigenvalue weighted by Gasteiger charge is -2.01. The van der Waals surface area contributed by atoms with Gasteiger partial charge in [-0.05, 0) is 30.7 Å². The average Bonchev–Trinajstić information content (AvgIpc) is 2.26. The van der Waals surface area contributed by atoms with E-state index in [0.29, 0.717) is 0 Å². The van der Waals surface area contributed by atoms with Crippen molar-refractivity contribution < 1.29 is 22.5 Å². The first kappa shape index (κ1) is 13.4. The van der Waals surface area contributed by atoms with Crippen molar-refractivity contribution in [3.63, 3.8) is 0 Å². The molecule has 6 heteroatoms. The van der Waals surface area contributed by atoms with Gasteiger partial charge in [-0.1, -0.05) is 13.0 Å². The number of esters is 1. The third kappa shape index (κ3) is 4.38. The Morgan fingerprint density at radius 1 is 1.35 bits per heavy atom. The zero-order valence-electron chi connectivity index (χ0n) is 9.16. The summed E-state index contributed by atoms with van der Waals surface area (Å²) in [6.45, 7) is 1.88. The first-order valence-corrected chi connectivity index (χ1v) is 6.33. The van der Waals surface area contributed by atoms with Crippen molar-refractivity contribution in [3.05, 3.63) is 36.4 Å². The van der Waals surface area contributed by atoms with Crippen LogP contribution in [0.4, 0.5) is 0 Å². The van der Waals surface area contributed by atoms with Gasteiger partial charge >= 0.3 is 5.97 Å². The van der Waals surface area contributed by atoms with Gasteiger partial charge in [-0.3, -0.25) is 4.55 Å². The Labute approximate surface area is 99.5 Å². The molecule has 0 fully saturated rings. The molecule has 1 N–H and O–H groups in total. The van der Waals surface area contributed by atoms with Crippen molar-refractivity contribution in [1.29, 1.82) is 0 Å². The quantitative estimate of drug-likeness (QED) is 0.384. The second-order valence-corrected chi connectivity index (χ2v) is 4.60. The van der Waals surface area contributed by atoms with Crippen molar-refractivity contribution in [2.45, 2.75) is 18.2 Å².